The molecule has 0 N–H and O–H groups in total. The standard InChI is InChI=1S/C10H13BrS/c1-8-4-5-9(3-2-6-12)7-10(8)11/h4-5,7,12H,2-3,6H2,1H3. The number of aryl methyl sites for hydroxylation is 2. The Morgan fingerprint density at radius 1 is 1.42 bits per heavy atom. The minimum absolute atomic E-state index is 0.964. The highest BCUT2D eigenvalue weighted by Gasteiger charge is 1.96. The van der Waals surface area contributed by atoms with Crippen molar-refractivity contribution in [1.82, 2.24) is 0 Å². The van der Waals surface area contributed by atoms with Crippen LogP contribution >= 0.6 is 28.6 Å². The van der Waals surface area contributed by atoms with Crippen LogP contribution in [0.4, 0.5) is 0 Å². The molecular formula is C10H13BrS. The first-order chi connectivity index (χ1) is 5.74. The van der Waals surface area contributed by atoms with Crippen molar-refractivity contribution >= 4 is 28.6 Å². The molecule has 0 radical (unpaired) electrons. The van der Waals surface area contributed by atoms with Gasteiger partial charge in [0.1, 0.15) is 0 Å². The summed E-state index contributed by atoms with van der Waals surface area (Å²) in [5, 5.41) is 0. The summed E-state index contributed by atoms with van der Waals surface area (Å²) in [4.78, 5) is 0. The molecule has 0 aromatic heterocycles. The van der Waals surface area contributed by atoms with Crippen LogP contribution in [0.15, 0.2) is 22.7 Å². The van der Waals surface area contributed by atoms with Crippen LogP contribution in [0.3, 0.4) is 0 Å². The lowest BCUT2D eigenvalue weighted by atomic mass is 10.1. The monoisotopic (exact) mass is 244 g/mol. The summed E-state index contributed by atoms with van der Waals surface area (Å²) < 4.78 is 1.21. The zero-order valence-electron chi connectivity index (χ0n) is 7.18. The van der Waals surface area contributed by atoms with E-state index < -0.39 is 0 Å². The molecule has 0 fully saturated rings. The lowest BCUT2D eigenvalue weighted by Crippen LogP contribution is -1.87. The molecule has 0 bridgehead atoms. The van der Waals surface area contributed by atoms with Gasteiger partial charge in [0.2, 0.25) is 0 Å². The average Bonchev–Trinajstić information content (AvgIpc) is 2.07. The highest BCUT2D eigenvalue weighted by molar-refractivity contribution is 9.10. The maximum Gasteiger partial charge on any atom is 0.0207 e. The Morgan fingerprint density at radius 3 is 2.75 bits per heavy atom. The van der Waals surface area contributed by atoms with E-state index in [4.69, 9.17) is 0 Å². The van der Waals surface area contributed by atoms with Crippen LogP contribution in [-0.4, -0.2) is 5.75 Å². The third kappa shape index (κ3) is 2.83. The van der Waals surface area contributed by atoms with Crippen molar-refractivity contribution in [1.29, 1.82) is 0 Å². The summed E-state index contributed by atoms with van der Waals surface area (Å²) in [5.74, 6) is 0.964. The van der Waals surface area contributed by atoms with E-state index in [-0.39, 0.29) is 0 Å². The molecule has 0 saturated carbocycles. The first kappa shape index (κ1) is 10.1. The van der Waals surface area contributed by atoms with Crippen LogP contribution < -0.4 is 0 Å². The van der Waals surface area contributed by atoms with Gasteiger partial charge in [-0.2, -0.15) is 12.6 Å². The summed E-state index contributed by atoms with van der Waals surface area (Å²) in [5.41, 5.74) is 2.69. The van der Waals surface area contributed by atoms with Crippen molar-refractivity contribution in [3.05, 3.63) is 33.8 Å². The maximum atomic E-state index is 4.19. The zero-order chi connectivity index (χ0) is 8.97. The topological polar surface area (TPSA) is 0 Å². The van der Waals surface area contributed by atoms with Gasteiger partial charge in [-0.05, 0) is 42.7 Å². The molecule has 1 aromatic rings. The second-order valence-corrected chi connectivity index (χ2v) is 4.21. The second kappa shape index (κ2) is 4.93. The first-order valence-corrected chi connectivity index (χ1v) is 5.52. The van der Waals surface area contributed by atoms with E-state index in [0.29, 0.717) is 0 Å². The zero-order valence-corrected chi connectivity index (χ0v) is 9.66. The molecule has 0 aliphatic carbocycles. The average molecular weight is 245 g/mol. The van der Waals surface area contributed by atoms with Crippen LogP contribution in [0.2, 0.25) is 0 Å². The summed E-state index contributed by atoms with van der Waals surface area (Å²) >= 11 is 7.70. The van der Waals surface area contributed by atoms with Crippen LogP contribution in [-0.2, 0) is 6.42 Å². The molecule has 0 atom stereocenters. The van der Waals surface area contributed by atoms with Gasteiger partial charge >= 0.3 is 0 Å². The van der Waals surface area contributed by atoms with Gasteiger partial charge in [-0.25, -0.2) is 0 Å². The molecule has 66 valence electrons. The number of hydrogen-bond donors (Lipinski definition) is 1. The maximum absolute atomic E-state index is 4.19. The van der Waals surface area contributed by atoms with Crippen molar-refractivity contribution < 1.29 is 0 Å². The predicted octanol–water partition coefficient (Wildman–Crippen LogP) is 3.62. The fourth-order valence-corrected chi connectivity index (χ4v) is 1.66. The van der Waals surface area contributed by atoms with Crippen molar-refractivity contribution in [2.45, 2.75) is 19.8 Å². The Morgan fingerprint density at radius 2 is 2.17 bits per heavy atom. The quantitative estimate of drug-likeness (QED) is 0.772. The number of benzene rings is 1. The molecule has 0 aliphatic rings. The summed E-state index contributed by atoms with van der Waals surface area (Å²) in [6.07, 6.45) is 2.28. The lowest BCUT2D eigenvalue weighted by molar-refractivity contribution is 0.934. The Balaban J connectivity index is 2.69. The Bertz CT molecular complexity index is 258. The molecule has 0 unspecified atom stereocenters. The van der Waals surface area contributed by atoms with Gasteiger partial charge in [0.25, 0.3) is 0 Å². The predicted molar refractivity (Wildman–Crippen MR) is 61.1 cm³/mol. The first-order valence-electron chi connectivity index (χ1n) is 4.10. The van der Waals surface area contributed by atoms with E-state index in [1.807, 2.05) is 0 Å². The van der Waals surface area contributed by atoms with E-state index in [1.165, 1.54) is 15.6 Å². The fraction of sp³-hybridized carbons (Fsp3) is 0.400. The van der Waals surface area contributed by atoms with Crippen molar-refractivity contribution in [2.75, 3.05) is 5.75 Å². The van der Waals surface area contributed by atoms with Crippen LogP contribution in [0.1, 0.15) is 17.5 Å². The van der Waals surface area contributed by atoms with E-state index in [1.54, 1.807) is 0 Å². The van der Waals surface area contributed by atoms with Crippen LogP contribution in [0.5, 0.6) is 0 Å². The van der Waals surface area contributed by atoms with Crippen molar-refractivity contribution in [2.24, 2.45) is 0 Å². The third-order valence-corrected chi connectivity index (χ3v) is 3.03. The van der Waals surface area contributed by atoms with Crippen molar-refractivity contribution in [3.8, 4) is 0 Å². The van der Waals surface area contributed by atoms with Gasteiger partial charge in [0.15, 0.2) is 0 Å². The minimum atomic E-state index is 0.964. The summed E-state index contributed by atoms with van der Waals surface area (Å²) in [6, 6.07) is 6.53. The van der Waals surface area contributed by atoms with E-state index in [9.17, 15) is 0 Å². The Kier molecular flexibility index (Phi) is 4.16. The highest BCUT2D eigenvalue weighted by atomic mass is 79.9. The third-order valence-electron chi connectivity index (χ3n) is 1.86. The molecule has 0 amide bonds. The molecule has 1 rings (SSSR count). The highest BCUT2D eigenvalue weighted by Crippen LogP contribution is 2.18. The summed E-state index contributed by atoms with van der Waals surface area (Å²) in [7, 11) is 0. The number of hydrogen-bond acceptors (Lipinski definition) is 1. The normalized spacial score (nSPS) is 10.2. The molecule has 2 heteroatoms. The number of halogens is 1. The van der Waals surface area contributed by atoms with Gasteiger partial charge in [-0.1, -0.05) is 28.1 Å². The van der Waals surface area contributed by atoms with E-state index >= 15 is 0 Å². The smallest absolute Gasteiger partial charge is 0.0207 e. The Hall–Kier alpha value is 0.0500. The Labute approximate surface area is 87.9 Å². The van der Waals surface area contributed by atoms with Gasteiger partial charge in [0, 0.05) is 4.47 Å². The number of rotatable bonds is 3. The summed E-state index contributed by atoms with van der Waals surface area (Å²) in [6.45, 7) is 2.10. The van der Waals surface area contributed by atoms with Crippen LogP contribution in [0, 0.1) is 6.92 Å². The molecule has 0 spiro atoms. The van der Waals surface area contributed by atoms with E-state index in [2.05, 4.69) is 53.7 Å². The van der Waals surface area contributed by atoms with Crippen LogP contribution in [0.25, 0.3) is 0 Å². The second-order valence-electron chi connectivity index (χ2n) is 2.91. The molecule has 0 heterocycles. The number of thiol groups is 1. The molecule has 0 nitrogen and oxygen atoms in total. The van der Waals surface area contributed by atoms with Gasteiger partial charge in [-0.3, -0.25) is 0 Å². The molecule has 0 saturated heterocycles. The molecule has 12 heavy (non-hydrogen) atoms. The lowest BCUT2D eigenvalue weighted by Gasteiger charge is -2.02. The molecule has 0 aliphatic heterocycles. The fourth-order valence-electron chi connectivity index (χ4n) is 1.08. The SMILES string of the molecule is Cc1ccc(CCCS)cc1Br. The molecule has 1 aromatic carbocycles. The van der Waals surface area contributed by atoms with Gasteiger partial charge < -0.3 is 0 Å². The molecular weight excluding hydrogens is 232 g/mol. The minimum Gasteiger partial charge on any atom is -0.179 e. The largest absolute Gasteiger partial charge is 0.179 e. The van der Waals surface area contributed by atoms with Gasteiger partial charge in [-0.15, -0.1) is 0 Å². The van der Waals surface area contributed by atoms with E-state index in [0.717, 1.165) is 18.6 Å². The van der Waals surface area contributed by atoms with Crippen molar-refractivity contribution in [3.63, 3.8) is 0 Å². The van der Waals surface area contributed by atoms with Gasteiger partial charge in [0.05, 0.1) is 0 Å².